The van der Waals surface area contributed by atoms with Crippen LogP contribution in [0.2, 0.25) is 0 Å². The summed E-state index contributed by atoms with van der Waals surface area (Å²) in [5.41, 5.74) is 1.12. The van der Waals surface area contributed by atoms with E-state index in [4.69, 9.17) is 4.74 Å². The van der Waals surface area contributed by atoms with E-state index in [2.05, 4.69) is 5.32 Å². The maximum atomic E-state index is 12.0. The third-order valence-electron chi connectivity index (χ3n) is 3.35. The smallest absolute Gasteiger partial charge is 0.317 e. The Bertz CT molecular complexity index is 375. The van der Waals surface area contributed by atoms with Gasteiger partial charge in [0.1, 0.15) is 0 Å². The predicted octanol–water partition coefficient (Wildman–Crippen LogP) is 2.01. The zero-order valence-corrected chi connectivity index (χ0v) is 10.8. The summed E-state index contributed by atoms with van der Waals surface area (Å²) >= 11 is 0. The molecule has 0 atom stereocenters. The van der Waals surface area contributed by atoms with E-state index in [1.54, 1.807) is 4.90 Å². The number of nitrogens with zero attached hydrogens (tertiary/aromatic N) is 1. The van der Waals surface area contributed by atoms with Crippen LogP contribution in [0.4, 0.5) is 4.79 Å². The first-order chi connectivity index (χ1) is 8.77. The Labute approximate surface area is 108 Å². The van der Waals surface area contributed by atoms with E-state index in [-0.39, 0.29) is 6.03 Å². The minimum Gasteiger partial charge on any atom is -0.381 e. The Morgan fingerprint density at radius 1 is 1.33 bits per heavy atom. The van der Waals surface area contributed by atoms with Crippen molar-refractivity contribution < 1.29 is 9.53 Å². The second-order valence-corrected chi connectivity index (χ2v) is 4.60. The molecular weight excluding hydrogens is 228 g/mol. The highest BCUT2D eigenvalue weighted by Crippen LogP contribution is 2.12. The molecule has 4 heteroatoms. The van der Waals surface area contributed by atoms with Crippen LogP contribution in [-0.2, 0) is 11.3 Å². The molecule has 0 radical (unpaired) electrons. The summed E-state index contributed by atoms with van der Waals surface area (Å²) in [6, 6.07) is 10.2. The number of carbonyl (C=O) groups is 1. The lowest BCUT2D eigenvalue weighted by Crippen LogP contribution is -2.45. The molecule has 2 rings (SSSR count). The van der Waals surface area contributed by atoms with Gasteiger partial charge in [0.2, 0.25) is 0 Å². The highest BCUT2D eigenvalue weighted by Gasteiger charge is 2.21. The zero-order valence-electron chi connectivity index (χ0n) is 10.8. The lowest BCUT2D eigenvalue weighted by Gasteiger charge is -2.31. The van der Waals surface area contributed by atoms with Gasteiger partial charge >= 0.3 is 6.03 Å². The van der Waals surface area contributed by atoms with Crippen molar-refractivity contribution in [3.8, 4) is 0 Å². The molecule has 0 aromatic heterocycles. The van der Waals surface area contributed by atoms with E-state index in [1.807, 2.05) is 37.4 Å². The molecule has 0 aliphatic carbocycles. The highest BCUT2D eigenvalue weighted by molar-refractivity contribution is 5.74. The van der Waals surface area contributed by atoms with Crippen LogP contribution in [0.3, 0.4) is 0 Å². The molecular formula is C14H20N2O2. The molecule has 4 nitrogen and oxygen atoms in total. The van der Waals surface area contributed by atoms with Crippen LogP contribution in [0.15, 0.2) is 30.3 Å². The van der Waals surface area contributed by atoms with Crippen molar-refractivity contribution >= 4 is 6.03 Å². The molecule has 1 aliphatic rings. The third-order valence-corrected chi connectivity index (χ3v) is 3.35. The van der Waals surface area contributed by atoms with E-state index in [0.29, 0.717) is 12.6 Å². The number of ether oxygens (including phenoxy) is 1. The van der Waals surface area contributed by atoms with E-state index in [1.165, 1.54) is 0 Å². The molecule has 2 amide bonds. The van der Waals surface area contributed by atoms with E-state index >= 15 is 0 Å². The number of benzene rings is 1. The third kappa shape index (κ3) is 3.47. The van der Waals surface area contributed by atoms with Crippen LogP contribution < -0.4 is 5.32 Å². The van der Waals surface area contributed by atoms with Crippen molar-refractivity contribution in [2.45, 2.75) is 25.4 Å². The summed E-state index contributed by atoms with van der Waals surface area (Å²) in [5, 5.41) is 2.94. The van der Waals surface area contributed by atoms with Crippen molar-refractivity contribution in [3.63, 3.8) is 0 Å². The summed E-state index contributed by atoms with van der Waals surface area (Å²) in [7, 11) is 1.86. The number of carbonyl (C=O) groups excluding carboxylic acids is 1. The van der Waals surface area contributed by atoms with Crippen molar-refractivity contribution in [1.82, 2.24) is 10.2 Å². The topological polar surface area (TPSA) is 41.6 Å². The van der Waals surface area contributed by atoms with Gasteiger partial charge in [0.15, 0.2) is 0 Å². The first-order valence-electron chi connectivity index (χ1n) is 6.39. The van der Waals surface area contributed by atoms with Gasteiger partial charge in [-0.25, -0.2) is 4.79 Å². The van der Waals surface area contributed by atoms with Crippen molar-refractivity contribution in [3.05, 3.63) is 35.9 Å². The van der Waals surface area contributed by atoms with E-state index in [0.717, 1.165) is 31.6 Å². The monoisotopic (exact) mass is 248 g/mol. The maximum Gasteiger partial charge on any atom is 0.317 e. The van der Waals surface area contributed by atoms with E-state index in [9.17, 15) is 4.79 Å². The van der Waals surface area contributed by atoms with Gasteiger partial charge in [-0.05, 0) is 18.4 Å². The molecule has 1 aliphatic heterocycles. The van der Waals surface area contributed by atoms with Gasteiger partial charge in [0.25, 0.3) is 0 Å². The predicted molar refractivity (Wildman–Crippen MR) is 70.3 cm³/mol. The maximum absolute atomic E-state index is 12.0. The number of amides is 2. The summed E-state index contributed by atoms with van der Waals surface area (Å²) < 4.78 is 5.30. The van der Waals surface area contributed by atoms with Crippen molar-refractivity contribution in [2.24, 2.45) is 0 Å². The van der Waals surface area contributed by atoms with Gasteiger partial charge in [0, 0.05) is 32.8 Å². The molecule has 0 saturated carbocycles. The number of hydrogen-bond acceptors (Lipinski definition) is 2. The standard InChI is InChI=1S/C14H20N2O2/c1-16(13-7-9-18-10-8-13)14(17)15-11-12-5-3-2-4-6-12/h2-6,13H,7-11H2,1H3,(H,15,17). The number of hydrogen-bond donors (Lipinski definition) is 1. The number of rotatable bonds is 3. The largest absolute Gasteiger partial charge is 0.381 e. The number of urea groups is 1. The van der Waals surface area contributed by atoms with Crippen LogP contribution in [0.25, 0.3) is 0 Å². The lowest BCUT2D eigenvalue weighted by molar-refractivity contribution is 0.0525. The Morgan fingerprint density at radius 3 is 2.67 bits per heavy atom. The average molecular weight is 248 g/mol. The summed E-state index contributed by atoms with van der Waals surface area (Å²) in [6.45, 7) is 2.08. The Kier molecular flexibility index (Phi) is 4.59. The molecule has 1 aromatic carbocycles. The van der Waals surface area contributed by atoms with Gasteiger partial charge in [0.05, 0.1) is 0 Å². The lowest BCUT2D eigenvalue weighted by atomic mass is 10.1. The second-order valence-electron chi connectivity index (χ2n) is 4.60. The minimum absolute atomic E-state index is 0.00856. The fraction of sp³-hybridized carbons (Fsp3) is 0.500. The molecule has 0 bridgehead atoms. The Hall–Kier alpha value is -1.55. The number of nitrogens with one attached hydrogen (secondary N) is 1. The molecule has 1 fully saturated rings. The van der Waals surface area contributed by atoms with Crippen molar-refractivity contribution in [1.29, 1.82) is 0 Å². The molecule has 1 heterocycles. The molecule has 0 spiro atoms. The second kappa shape index (κ2) is 6.40. The van der Waals surface area contributed by atoms with Crippen LogP contribution in [0, 0.1) is 0 Å². The average Bonchev–Trinajstić information content (AvgIpc) is 2.46. The van der Waals surface area contributed by atoms with Crippen LogP contribution in [0.1, 0.15) is 18.4 Å². The molecule has 1 saturated heterocycles. The van der Waals surface area contributed by atoms with Gasteiger partial charge in [-0.1, -0.05) is 30.3 Å². The normalized spacial score (nSPS) is 16.3. The van der Waals surface area contributed by atoms with Gasteiger partial charge < -0.3 is 15.0 Å². The Balaban J connectivity index is 1.80. The highest BCUT2D eigenvalue weighted by atomic mass is 16.5. The zero-order chi connectivity index (χ0) is 12.8. The fourth-order valence-corrected chi connectivity index (χ4v) is 2.14. The molecule has 0 unspecified atom stereocenters. The minimum atomic E-state index is -0.00856. The summed E-state index contributed by atoms with van der Waals surface area (Å²) in [5.74, 6) is 0. The quantitative estimate of drug-likeness (QED) is 0.889. The van der Waals surface area contributed by atoms with E-state index < -0.39 is 0 Å². The fourth-order valence-electron chi connectivity index (χ4n) is 2.14. The van der Waals surface area contributed by atoms with Crippen LogP contribution in [0.5, 0.6) is 0 Å². The van der Waals surface area contributed by atoms with Gasteiger partial charge in [-0.3, -0.25) is 0 Å². The summed E-state index contributed by atoms with van der Waals surface area (Å²) in [6.07, 6.45) is 1.85. The van der Waals surface area contributed by atoms with Crippen LogP contribution >= 0.6 is 0 Å². The molecule has 18 heavy (non-hydrogen) atoms. The molecule has 1 N–H and O–H groups in total. The van der Waals surface area contributed by atoms with Crippen molar-refractivity contribution in [2.75, 3.05) is 20.3 Å². The Morgan fingerprint density at radius 2 is 2.00 bits per heavy atom. The first-order valence-corrected chi connectivity index (χ1v) is 6.39. The first kappa shape index (κ1) is 12.9. The van der Waals surface area contributed by atoms with Gasteiger partial charge in [-0.2, -0.15) is 0 Å². The molecule has 1 aromatic rings. The van der Waals surface area contributed by atoms with Crippen LogP contribution in [-0.4, -0.2) is 37.2 Å². The summed E-state index contributed by atoms with van der Waals surface area (Å²) in [4.78, 5) is 13.8. The van der Waals surface area contributed by atoms with Gasteiger partial charge in [-0.15, -0.1) is 0 Å². The molecule has 98 valence electrons. The SMILES string of the molecule is CN(C(=O)NCc1ccccc1)C1CCOCC1.